The van der Waals surface area contributed by atoms with E-state index in [9.17, 15) is 24.0 Å². The highest BCUT2D eigenvalue weighted by Gasteiger charge is 2.22. The Balaban J connectivity index is 0.000000159. The summed E-state index contributed by atoms with van der Waals surface area (Å²) >= 11 is 2.27. The zero-order chi connectivity index (χ0) is 72.0. The third kappa shape index (κ3) is 20.5. The third-order valence-corrected chi connectivity index (χ3v) is 16.4. The van der Waals surface area contributed by atoms with Crippen molar-refractivity contribution in [2.45, 2.75) is 106 Å². The molecule has 100 heavy (non-hydrogen) atoms. The van der Waals surface area contributed by atoms with Gasteiger partial charge in [-0.3, -0.25) is 19.2 Å². The van der Waals surface area contributed by atoms with Crippen molar-refractivity contribution in [1.82, 2.24) is 20.2 Å². The van der Waals surface area contributed by atoms with E-state index in [2.05, 4.69) is 142 Å². The maximum atomic E-state index is 12.6. The molecule has 2 aliphatic heterocycles. The summed E-state index contributed by atoms with van der Waals surface area (Å²) in [6.07, 6.45) is 13.3. The third-order valence-electron chi connectivity index (χ3n) is 15.5. The van der Waals surface area contributed by atoms with Gasteiger partial charge in [0.2, 0.25) is 5.91 Å². The van der Waals surface area contributed by atoms with E-state index in [1.807, 2.05) is 116 Å². The monoisotopic (exact) mass is 1460 g/mol. The van der Waals surface area contributed by atoms with Crippen LogP contribution in [0.3, 0.4) is 0 Å². The SMILES string of the molecule is CC(C)=CCOc1ccccc1I.CC(C)c1c(C=O)oc2ccccc12.CC(C)c1c(CN(C)C(=O)/C=C/c2cnc3c(c2)OCC(=O)N3)oc2ccccc12.CC(C)c1coc2ccccc12.CNCc1oc2ccccc2c1C(C)C.O=C(O)/C=C/c1cnc2c(c1)OCC(=O)N2. The minimum Gasteiger partial charge on any atom is -0.488 e. The number of ether oxygens (including phenoxy) is 3. The molecule has 0 bridgehead atoms. The van der Waals surface area contributed by atoms with Gasteiger partial charge in [-0.25, -0.2) is 14.8 Å². The van der Waals surface area contributed by atoms with Crippen LogP contribution in [0.4, 0.5) is 11.6 Å². The molecule has 0 radical (unpaired) electrons. The predicted octanol–water partition coefficient (Wildman–Crippen LogP) is 18.3. The van der Waals surface area contributed by atoms with Crippen molar-refractivity contribution >= 4 is 120 Å². The first-order valence-electron chi connectivity index (χ1n) is 32.8. The summed E-state index contributed by atoms with van der Waals surface area (Å²) in [5.41, 5.74) is 11.0. The Kier molecular flexibility index (Phi) is 27.3. The average Bonchev–Trinajstić information content (AvgIpc) is 1.66. The van der Waals surface area contributed by atoms with E-state index >= 15 is 0 Å². The molecule has 3 amide bonds. The average molecular weight is 1470 g/mol. The molecule has 0 aliphatic carbocycles. The van der Waals surface area contributed by atoms with E-state index in [4.69, 9.17) is 37.0 Å². The summed E-state index contributed by atoms with van der Waals surface area (Å²) in [6.45, 7) is 23.0. The number of hydrogen-bond acceptors (Lipinski definition) is 15. The van der Waals surface area contributed by atoms with Gasteiger partial charge in [-0.15, -0.1) is 0 Å². The van der Waals surface area contributed by atoms with Crippen LogP contribution in [-0.2, 0) is 32.3 Å². The molecule has 0 saturated carbocycles. The molecule has 0 unspecified atom stereocenters. The van der Waals surface area contributed by atoms with E-state index in [0.717, 1.165) is 84.0 Å². The van der Waals surface area contributed by atoms with Crippen molar-refractivity contribution in [1.29, 1.82) is 0 Å². The number of halogens is 1. The molecule has 0 spiro atoms. The lowest BCUT2D eigenvalue weighted by atomic mass is 9.99. The molecule has 6 aromatic heterocycles. The summed E-state index contributed by atoms with van der Waals surface area (Å²) in [4.78, 5) is 65.8. The molecule has 0 fully saturated rings. The maximum absolute atomic E-state index is 12.6. The molecule has 5 aromatic carbocycles. The van der Waals surface area contributed by atoms with E-state index in [0.29, 0.717) is 70.9 Å². The maximum Gasteiger partial charge on any atom is 0.328 e. The second-order valence-corrected chi connectivity index (χ2v) is 26.0. The number of rotatable bonds is 16. The predicted molar refractivity (Wildman–Crippen MR) is 402 cm³/mol. The number of para-hydroxylation sites is 5. The summed E-state index contributed by atoms with van der Waals surface area (Å²) < 4.78 is 39.9. The van der Waals surface area contributed by atoms with E-state index < -0.39 is 5.97 Å². The lowest BCUT2D eigenvalue weighted by molar-refractivity contribution is -0.131. The number of nitrogens with zero attached hydrogens (tertiary/aromatic N) is 3. The minimum atomic E-state index is -1.04. The first kappa shape index (κ1) is 75.2. The smallest absolute Gasteiger partial charge is 0.328 e. The molecule has 4 N–H and O–H groups in total. The van der Waals surface area contributed by atoms with Gasteiger partial charge in [-0.05, 0) is 145 Å². The number of amides is 3. The first-order chi connectivity index (χ1) is 48.0. The molecule has 19 nitrogen and oxygen atoms in total. The highest BCUT2D eigenvalue weighted by Crippen LogP contribution is 2.36. The number of benzene rings is 5. The van der Waals surface area contributed by atoms with Crippen LogP contribution in [0.25, 0.3) is 56.0 Å². The van der Waals surface area contributed by atoms with Gasteiger partial charge in [-0.1, -0.05) is 146 Å². The number of hydrogen-bond donors (Lipinski definition) is 4. The number of nitrogens with one attached hydrogen (secondary N) is 3. The second-order valence-electron chi connectivity index (χ2n) is 24.8. The fourth-order valence-electron chi connectivity index (χ4n) is 10.9. The van der Waals surface area contributed by atoms with Crippen LogP contribution in [0.5, 0.6) is 17.2 Å². The van der Waals surface area contributed by atoms with Crippen molar-refractivity contribution in [3.8, 4) is 17.2 Å². The van der Waals surface area contributed by atoms with Gasteiger partial charge in [0, 0.05) is 75.4 Å². The summed E-state index contributed by atoms with van der Waals surface area (Å²) in [5.74, 6) is 4.88. The molecule has 20 heteroatoms. The Labute approximate surface area is 595 Å². The zero-order valence-electron chi connectivity index (χ0n) is 58.3. The van der Waals surface area contributed by atoms with Gasteiger partial charge in [-0.2, -0.15) is 0 Å². The second kappa shape index (κ2) is 36.3. The minimum absolute atomic E-state index is 0.0425. The lowest BCUT2D eigenvalue weighted by Crippen LogP contribution is -2.26. The Morgan fingerprint density at radius 2 is 1.10 bits per heavy atom. The number of anilines is 2. The quantitative estimate of drug-likeness (QED) is 0.0304. The van der Waals surface area contributed by atoms with Gasteiger partial charge in [0.1, 0.15) is 46.2 Å². The number of allylic oxidation sites excluding steroid dienone is 1. The van der Waals surface area contributed by atoms with Crippen molar-refractivity contribution in [3.63, 3.8) is 0 Å². The Hall–Kier alpha value is -10.6. The van der Waals surface area contributed by atoms with Gasteiger partial charge in [0.05, 0.1) is 22.9 Å². The summed E-state index contributed by atoms with van der Waals surface area (Å²) in [6, 6.07) is 43.4. The number of carbonyl (C=O) groups is 5. The highest BCUT2D eigenvalue weighted by molar-refractivity contribution is 14.1. The summed E-state index contributed by atoms with van der Waals surface area (Å²) in [7, 11) is 3.69. The number of furan rings is 4. The number of carboxylic acid groups (broad SMARTS) is 1. The van der Waals surface area contributed by atoms with Crippen LogP contribution < -0.4 is 30.2 Å². The Bertz CT molecular complexity index is 4720. The molecule has 2 aliphatic rings. The molecule has 0 saturated heterocycles. The molecular formula is C80H85IN6O13. The molecule has 11 aromatic rings. The molecular weight excluding hydrogens is 1380 g/mol. The van der Waals surface area contributed by atoms with Crippen LogP contribution in [0.1, 0.15) is 148 Å². The standard InChI is InChI=1S/C23H23N3O4.C13H17NO.C12H12O2.C11H13IO.C11H12O.C10H8N2O4/c1-14(2)22-16-6-4-5-7-17(16)30-19(22)12-26(3)21(28)9-8-15-10-18-23(24-11-15)25-20(27)13-29-18;1-9(2)13-10-6-4-5-7-11(10)15-12(13)8-14-3;1-8(2)12-9-5-3-4-6-10(9)14-11(12)7-13;1-9(2)7-8-13-11-6-4-3-5-10(11)12;1-8(2)10-7-12-11-6-4-3-5-9(10)11;13-8-5-16-7-3-6(1-2-9(14)15)4-11-10(7)12-8/h4-11,14H,12-13H2,1-3H3,(H,24,25,27);4-7,9,14H,8H2,1-3H3;3-8H,1-2H3;3-7H,8H2,1-2H3;3-8H,1-2H3;1-4H,5H2,(H,14,15)(H,11,12,13)/b9-8+;;;;;2-1+. The van der Waals surface area contributed by atoms with Crippen LogP contribution in [0.2, 0.25) is 0 Å². The molecule has 520 valence electrons. The van der Waals surface area contributed by atoms with Crippen molar-refractivity contribution < 1.29 is 61.0 Å². The van der Waals surface area contributed by atoms with Gasteiger partial charge in [0.15, 0.2) is 48.4 Å². The van der Waals surface area contributed by atoms with E-state index in [-0.39, 0.29) is 36.9 Å². The Morgan fingerprint density at radius 3 is 1.60 bits per heavy atom. The number of likely N-dealkylation sites (N-methyl/N-ethyl adjacent to an activating group) is 1. The van der Waals surface area contributed by atoms with Crippen molar-refractivity contribution in [2.75, 3.05) is 44.5 Å². The van der Waals surface area contributed by atoms with E-state index in [1.54, 1.807) is 36.4 Å². The molecule has 0 atom stereocenters. The fourth-order valence-corrected chi connectivity index (χ4v) is 11.4. The first-order valence-corrected chi connectivity index (χ1v) is 33.9. The zero-order valence-corrected chi connectivity index (χ0v) is 60.5. The van der Waals surface area contributed by atoms with Crippen molar-refractivity contribution in [2.24, 2.45) is 0 Å². The fraction of sp³-hybridized carbons (Fsp3) is 0.263. The largest absolute Gasteiger partial charge is 0.488 e. The molecule has 8 heterocycles. The number of fused-ring (bicyclic) bond motifs is 6. The number of aliphatic carboxylic acids is 1. The Morgan fingerprint density at radius 1 is 0.630 bits per heavy atom. The number of aromatic nitrogens is 2. The highest BCUT2D eigenvalue weighted by atomic mass is 127. The number of carbonyl (C=O) groups excluding carboxylic acids is 4. The topological polar surface area (TPSA) is 251 Å². The van der Waals surface area contributed by atoms with Gasteiger partial charge < -0.3 is 57.8 Å². The number of aldehydes is 1. The normalized spacial score (nSPS) is 12.1. The van der Waals surface area contributed by atoms with E-state index in [1.165, 1.54) is 45.8 Å². The molecule has 13 rings (SSSR count). The number of pyridine rings is 2. The number of carboxylic acids is 1. The van der Waals surface area contributed by atoms with Gasteiger partial charge >= 0.3 is 5.97 Å². The lowest BCUT2D eigenvalue weighted by Gasteiger charge is -2.17. The van der Waals surface area contributed by atoms with Crippen LogP contribution in [0.15, 0.2) is 194 Å². The summed E-state index contributed by atoms with van der Waals surface area (Å²) in [5, 5.41) is 21.4. The van der Waals surface area contributed by atoms with Crippen LogP contribution in [0, 0.1) is 3.57 Å². The van der Waals surface area contributed by atoms with Crippen LogP contribution in [-0.4, -0.2) is 83.9 Å². The van der Waals surface area contributed by atoms with Gasteiger partial charge in [0.25, 0.3) is 11.8 Å². The van der Waals surface area contributed by atoms with Crippen molar-refractivity contribution in [3.05, 3.63) is 230 Å². The van der Waals surface area contributed by atoms with Crippen LogP contribution >= 0.6 is 22.6 Å².